The van der Waals surface area contributed by atoms with Crippen LogP contribution in [0.3, 0.4) is 0 Å². The van der Waals surface area contributed by atoms with Crippen LogP contribution in [0, 0.1) is 5.92 Å². The summed E-state index contributed by atoms with van der Waals surface area (Å²) in [6.07, 6.45) is 1.26. The average molecular weight is 256 g/mol. The van der Waals surface area contributed by atoms with Crippen LogP contribution in [0.2, 0.25) is 0 Å². The van der Waals surface area contributed by atoms with Gasteiger partial charge in [-0.05, 0) is 37.5 Å². The molecular weight excluding hydrogens is 236 g/mol. The topological polar surface area (TPSA) is 54.6 Å². The minimum absolute atomic E-state index is 0.489. The first-order valence-electron chi connectivity index (χ1n) is 5.80. The largest absolute Gasteiger partial charge is 0.490 e. The molecule has 1 aliphatic heterocycles. The fourth-order valence-electron chi connectivity index (χ4n) is 2.37. The van der Waals surface area contributed by atoms with Gasteiger partial charge in [0.25, 0.3) is 0 Å². The number of methoxy groups -OCH3 is 1. The van der Waals surface area contributed by atoms with E-state index < -0.39 is 0 Å². The number of nitrogen functional groups attached to an aromatic ring is 1. The second-order valence-corrected chi connectivity index (χ2v) is 5.46. The zero-order chi connectivity index (χ0) is 12.4. The van der Waals surface area contributed by atoms with Crippen LogP contribution < -0.4 is 15.4 Å². The number of hydrogen-bond donors (Lipinski definition) is 1. The lowest BCUT2D eigenvalue weighted by molar-refractivity contribution is 0.394. The van der Waals surface area contributed by atoms with Crippen molar-refractivity contribution in [1.29, 1.82) is 0 Å². The Hall–Kier alpha value is -1.01. The molecule has 2 heterocycles. The van der Waals surface area contributed by atoms with Crippen LogP contribution in [0.1, 0.15) is 6.42 Å². The number of aromatic nitrogens is 1. The van der Waals surface area contributed by atoms with Crippen LogP contribution >= 0.6 is 11.5 Å². The van der Waals surface area contributed by atoms with Crippen molar-refractivity contribution < 1.29 is 4.74 Å². The Morgan fingerprint density at radius 3 is 3.00 bits per heavy atom. The fraction of sp³-hybridized carbons (Fsp3) is 0.727. The summed E-state index contributed by atoms with van der Waals surface area (Å²) in [4.78, 5) is 4.58. The van der Waals surface area contributed by atoms with Gasteiger partial charge in [-0.3, -0.25) is 0 Å². The summed E-state index contributed by atoms with van der Waals surface area (Å²) in [6, 6.07) is 0. The number of nitrogens with two attached hydrogens (primary N) is 1. The molecular formula is C11H20N4OS. The van der Waals surface area contributed by atoms with Crippen molar-refractivity contribution in [2.75, 3.05) is 51.5 Å². The monoisotopic (exact) mass is 256 g/mol. The number of ether oxygens (including phenoxy) is 1. The van der Waals surface area contributed by atoms with Gasteiger partial charge in [0.1, 0.15) is 0 Å². The molecule has 0 radical (unpaired) electrons. The van der Waals surface area contributed by atoms with Crippen molar-refractivity contribution in [3.05, 3.63) is 0 Å². The molecule has 1 aliphatic rings. The number of rotatable bonds is 4. The first kappa shape index (κ1) is 12.4. The lowest BCUT2D eigenvalue weighted by Gasteiger charge is -2.21. The SMILES string of the molecule is COc1c(N)nsc1N(C)CC1CCN(C)C1. The summed E-state index contributed by atoms with van der Waals surface area (Å²) in [5.74, 6) is 1.92. The smallest absolute Gasteiger partial charge is 0.197 e. The Kier molecular flexibility index (Phi) is 3.73. The molecule has 1 saturated heterocycles. The third kappa shape index (κ3) is 2.63. The van der Waals surface area contributed by atoms with E-state index in [4.69, 9.17) is 10.5 Å². The maximum atomic E-state index is 5.76. The molecule has 6 heteroatoms. The van der Waals surface area contributed by atoms with Gasteiger partial charge in [0.15, 0.2) is 16.6 Å². The van der Waals surface area contributed by atoms with Crippen molar-refractivity contribution in [3.8, 4) is 5.75 Å². The molecule has 2 N–H and O–H groups in total. The second-order valence-electron chi connectivity index (χ2n) is 4.70. The second kappa shape index (κ2) is 5.10. The lowest BCUT2D eigenvalue weighted by Crippen LogP contribution is -2.26. The molecule has 0 bridgehead atoms. The quantitative estimate of drug-likeness (QED) is 0.875. The molecule has 1 aromatic rings. The van der Waals surface area contributed by atoms with E-state index in [9.17, 15) is 0 Å². The van der Waals surface area contributed by atoms with E-state index in [2.05, 4.69) is 28.3 Å². The Balaban J connectivity index is 2.01. The summed E-state index contributed by atoms with van der Waals surface area (Å²) < 4.78 is 9.43. The molecule has 1 aromatic heterocycles. The van der Waals surface area contributed by atoms with E-state index in [0.717, 1.165) is 17.5 Å². The molecule has 5 nitrogen and oxygen atoms in total. The van der Waals surface area contributed by atoms with E-state index in [1.54, 1.807) is 7.11 Å². The summed E-state index contributed by atoms with van der Waals surface area (Å²) in [6.45, 7) is 3.39. The normalized spacial score (nSPS) is 20.8. The van der Waals surface area contributed by atoms with Gasteiger partial charge in [0.05, 0.1) is 7.11 Å². The highest BCUT2D eigenvalue weighted by molar-refractivity contribution is 7.11. The molecule has 0 spiro atoms. The standard InChI is InChI=1S/C11H20N4OS/c1-14-5-4-8(6-14)7-15(2)11-9(16-3)10(12)13-17-11/h8H,4-7H2,1-3H3,(H2,12,13). The third-order valence-electron chi connectivity index (χ3n) is 3.23. The van der Waals surface area contributed by atoms with Gasteiger partial charge in [0.2, 0.25) is 0 Å². The summed E-state index contributed by atoms with van der Waals surface area (Å²) in [5, 5.41) is 1.03. The Labute approximate surface area is 106 Å². The zero-order valence-electron chi connectivity index (χ0n) is 10.6. The predicted octanol–water partition coefficient (Wildman–Crippen LogP) is 1.12. The van der Waals surface area contributed by atoms with Crippen molar-refractivity contribution in [2.45, 2.75) is 6.42 Å². The van der Waals surface area contributed by atoms with E-state index >= 15 is 0 Å². The van der Waals surface area contributed by atoms with Crippen LogP contribution in [-0.2, 0) is 0 Å². The van der Waals surface area contributed by atoms with Crippen LogP contribution in [0.4, 0.5) is 10.8 Å². The third-order valence-corrected chi connectivity index (χ3v) is 4.19. The van der Waals surface area contributed by atoms with Crippen LogP contribution in [-0.4, -0.2) is 50.1 Å². The van der Waals surface area contributed by atoms with Gasteiger partial charge in [-0.25, -0.2) is 0 Å². The van der Waals surface area contributed by atoms with Crippen molar-refractivity contribution in [1.82, 2.24) is 9.27 Å². The van der Waals surface area contributed by atoms with Gasteiger partial charge in [0, 0.05) is 20.1 Å². The Morgan fingerprint density at radius 1 is 1.65 bits per heavy atom. The minimum atomic E-state index is 0.489. The summed E-state index contributed by atoms with van der Waals surface area (Å²) in [7, 11) is 5.89. The number of hydrogen-bond acceptors (Lipinski definition) is 6. The first-order chi connectivity index (χ1) is 8.11. The van der Waals surface area contributed by atoms with Crippen molar-refractivity contribution in [3.63, 3.8) is 0 Å². The van der Waals surface area contributed by atoms with Gasteiger partial charge >= 0.3 is 0 Å². The fourth-order valence-corrected chi connectivity index (χ4v) is 3.12. The molecule has 0 aromatic carbocycles. The number of likely N-dealkylation sites (tertiary alicyclic amines) is 1. The lowest BCUT2D eigenvalue weighted by atomic mass is 10.1. The minimum Gasteiger partial charge on any atom is -0.490 e. The highest BCUT2D eigenvalue weighted by atomic mass is 32.1. The molecule has 0 amide bonds. The van der Waals surface area contributed by atoms with E-state index in [1.807, 2.05) is 0 Å². The Morgan fingerprint density at radius 2 is 2.41 bits per heavy atom. The van der Waals surface area contributed by atoms with Crippen LogP contribution in [0.25, 0.3) is 0 Å². The first-order valence-corrected chi connectivity index (χ1v) is 6.58. The van der Waals surface area contributed by atoms with Crippen molar-refractivity contribution in [2.24, 2.45) is 5.92 Å². The molecule has 17 heavy (non-hydrogen) atoms. The molecule has 1 unspecified atom stereocenters. The molecule has 1 atom stereocenters. The van der Waals surface area contributed by atoms with Crippen LogP contribution in [0.15, 0.2) is 0 Å². The molecule has 0 saturated carbocycles. The Bertz CT molecular complexity index is 382. The summed E-state index contributed by atoms with van der Waals surface area (Å²) in [5.41, 5.74) is 5.76. The van der Waals surface area contributed by atoms with Gasteiger partial charge < -0.3 is 20.3 Å². The van der Waals surface area contributed by atoms with E-state index in [0.29, 0.717) is 11.6 Å². The molecule has 2 rings (SSSR count). The molecule has 0 aliphatic carbocycles. The number of anilines is 2. The van der Waals surface area contributed by atoms with Gasteiger partial charge in [-0.1, -0.05) is 0 Å². The van der Waals surface area contributed by atoms with Gasteiger partial charge in [-0.2, -0.15) is 4.37 Å². The zero-order valence-corrected chi connectivity index (χ0v) is 11.5. The summed E-state index contributed by atoms with van der Waals surface area (Å²) >= 11 is 1.41. The highest BCUT2D eigenvalue weighted by Crippen LogP contribution is 2.37. The van der Waals surface area contributed by atoms with Gasteiger partial charge in [-0.15, -0.1) is 0 Å². The predicted molar refractivity (Wildman–Crippen MR) is 72.0 cm³/mol. The molecule has 96 valence electrons. The van der Waals surface area contributed by atoms with Crippen molar-refractivity contribution >= 4 is 22.4 Å². The molecule has 1 fully saturated rings. The number of nitrogens with zero attached hydrogens (tertiary/aromatic N) is 3. The van der Waals surface area contributed by atoms with Crippen LogP contribution in [0.5, 0.6) is 5.75 Å². The highest BCUT2D eigenvalue weighted by Gasteiger charge is 2.23. The van der Waals surface area contributed by atoms with E-state index in [-0.39, 0.29) is 0 Å². The maximum Gasteiger partial charge on any atom is 0.197 e. The average Bonchev–Trinajstić information content (AvgIpc) is 2.84. The van der Waals surface area contributed by atoms with E-state index in [1.165, 1.54) is 31.0 Å². The maximum absolute atomic E-state index is 5.76.